The van der Waals surface area contributed by atoms with Crippen molar-refractivity contribution in [1.82, 2.24) is 5.01 Å². The zero-order valence-electron chi connectivity index (χ0n) is 6.56. The summed E-state index contributed by atoms with van der Waals surface area (Å²) in [6.45, 7) is 3.95. The van der Waals surface area contributed by atoms with Gasteiger partial charge in [-0.05, 0) is 25.9 Å². The smallest absolute Gasteiger partial charge is 0.000882 e. The van der Waals surface area contributed by atoms with Crippen molar-refractivity contribution in [1.29, 1.82) is 0 Å². The van der Waals surface area contributed by atoms with Gasteiger partial charge in [0.05, 0.1) is 0 Å². The fourth-order valence-electron chi connectivity index (χ4n) is 1.26. The maximum Gasteiger partial charge on any atom is -0.000882 e. The lowest BCUT2D eigenvalue weighted by molar-refractivity contribution is 0.399. The first-order valence-electron chi connectivity index (χ1n) is 3.97. The lowest BCUT2D eigenvalue weighted by Crippen LogP contribution is -2.20. The molecule has 10 heavy (non-hydrogen) atoms. The van der Waals surface area contributed by atoms with Gasteiger partial charge < -0.3 is 10.9 Å². The standard InChI is InChI=1S/C8H15N2/c1-2-3-8-4-6-10(9)7-5-8/h4,9H,2-3,5-7H2,1H3/q-1. The maximum absolute atomic E-state index is 7.28. The number of hydrogen-bond donors (Lipinski definition) is 0. The van der Waals surface area contributed by atoms with Crippen molar-refractivity contribution in [3.05, 3.63) is 17.5 Å². The Balaban J connectivity index is 2.33. The summed E-state index contributed by atoms with van der Waals surface area (Å²) in [6, 6.07) is 0. The van der Waals surface area contributed by atoms with E-state index in [1.165, 1.54) is 12.8 Å². The molecule has 0 spiro atoms. The molecule has 0 bridgehead atoms. The predicted octanol–water partition coefficient (Wildman–Crippen LogP) is 2.39. The van der Waals surface area contributed by atoms with Crippen LogP contribution in [-0.2, 0) is 0 Å². The minimum atomic E-state index is 0.829. The minimum Gasteiger partial charge on any atom is -0.609 e. The van der Waals surface area contributed by atoms with E-state index in [0.29, 0.717) is 0 Å². The molecule has 0 saturated carbocycles. The van der Waals surface area contributed by atoms with Gasteiger partial charge in [0.1, 0.15) is 0 Å². The third-order valence-corrected chi connectivity index (χ3v) is 1.87. The SMILES string of the molecule is CCCC1=CCN([NH-])CC1. The van der Waals surface area contributed by atoms with E-state index in [4.69, 9.17) is 5.84 Å². The van der Waals surface area contributed by atoms with Crippen LogP contribution in [0.15, 0.2) is 11.6 Å². The molecule has 0 radical (unpaired) electrons. The summed E-state index contributed by atoms with van der Waals surface area (Å²) in [7, 11) is 0. The molecule has 1 aliphatic rings. The van der Waals surface area contributed by atoms with Crippen molar-refractivity contribution < 1.29 is 0 Å². The molecule has 0 aliphatic carbocycles. The molecule has 0 aromatic carbocycles. The van der Waals surface area contributed by atoms with Crippen molar-refractivity contribution in [3.63, 3.8) is 0 Å². The quantitative estimate of drug-likeness (QED) is 0.539. The molecular formula is C8H15N2-. The zero-order chi connectivity index (χ0) is 7.40. The zero-order valence-corrected chi connectivity index (χ0v) is 6.56. The van der Waals surface area contributed by atoms with Crippen LogP contribution < -0.4 is 0 Å². The van der Waals surface area contributed by atoms with Gasteiger partial charge in [-0.1, -0.05) is 25.0 Å². The Morgan fingerprint density at radius 2 is 2.50 bits per heavy atom. The van der Waals surface area contributed by atoms with Gasteiger partial charge in [-0.15, -0.1) is 0 Å². The second kappa shape index (κ2) is 3.74. The van der Waals surface area contributed by atoms with Crippen molar-refractivity contribution in [3.8, 4) is 0 Å². The number of nitrogens with zero attached hydrogens (tertiary/aromatic N) is 1. The van der Waals surface area contributed by atoms with Gasteiger partial charge >= 0.3 is 0 Å². The summed E-state index contributed by atoms with van der Waals surface area (Å²) in [5.74, 6) is 7.28. The minimum absolute atomic E-state index is 0.829. The molecule has 1 rings (SSSR count). The summed E-state index contributed by atoms with van der Waals surface area (Å²) in [5, 5.41) is 1.61. The van der Waals surface area contributed by atoms with Crippen LogP contribution in [0.5, 0.6) is 0 Å². The average Bonchev–Trinajstić information content (AvgIpc) is 1.95. The second-order valence-corrected chi connectivity index (χ2v) is 2.81. The predicted molar refractivity (Wildman–Crippen MR) is 43.5 cm³/mol. The van der Waals surface area contributed by atoms with Gasteiger partial charge in [0, 0.05) is 0 Å². The molecule has 0 unspecified atom stereocenters. The van der Waals surface area contributed by atoms with Crippen molar-refractivity contribution in [2.45, 2.75) is 26.2 Å². The third-order valence-electron chi connectivity index (χ3n) is 1.87. The van der Waals surface area contributed by atoms with Gasteiger partial charge in [0.15, 0.2) is 0 Å². The Morgan fingerprint density at radius 1 is 1.70 bits per heavy atom. The molecule has 0 atom stereocenters. The number of rotatable bonds is 2. The molecule has 1 aliphatic heterocycles. The molecule has 2 nitrogen and oxygen atoms in total. The summed E-state index contributed by atoms with van der Waals surface area (Å²) in [6.07, 6.45) is 5.77. The fraction of sp³-hybridized carbons (Fsp3) is 0.750. The number of hydrogen-bond acceptors (Lipinski definition) is 1. The van der Waals surface area contributed by atoms with E-state index < -0.39 is 0 Å². The first-order valence-corrected chi connectivity index (χ1v) is 3.97. The van der Waals surface area contributed by atoms with Gasteiger partial charge in [0.25, 0.3) is 0 Å². The second-order valence-electron chi connectivity index (χ2n) is 2.81. The highest BCUT2D eigenvalue weighted by Crippen LogP contribution is 2.14. The third kappa shape index (κ3) is 2.12. The van der Waals surface area contributed by atoms with E-state index in [1.807, 2.05) is 0 Å². The van der Waals surface area contributed by atoms with E-state index >= 15 is 0 Å². The highest BCUT2D eigenvalue weighted by atomic mass is 15.4. The average molecular weight is 139 g/mol. The largest absolute Gasteiger partial charge is 0.609 e. The molecule has 2 heteroatoms. The van der Waals surface area contributed by atoms with Gasteiger partial charge in [-0.3, -0.25) is 0 Å². The first kappa shape index (κ1) is 7.76. The summed E-state index contributed by atoms with van der Waals surface area (Å²) < 4.78 is 0. The molecule has 1 heterocycles. The first-order chi connectivity index (χ1) is 4.83. The van der Waals surface area contributed by atoms with Crippen molar-refractivity contribution in [2.75, 3.05) is 13.1 Å². The van der Waals surface area contributed by atoms with Crippen LogP contribution in [-0.4, -0.2) is 18.1 Å². The Bertz CT molecular complexity index is 129. The van der Waals surface area contributed by atoms with Gasteiger partial charge in [-0.2, -0.15) is 0 Å². The lowest BCUT2D eigenvalue weighted by atomic mass is 10.0. The van der Waals surface area contributed by atoms with Crippen LogP contribution in [0.25, 0.3) is 5.84 Å². The lowest BCUT2D eigenvalue weighted by Gasteiger charge is -2.29. The van der Waals surface area contributed by atoms with Crippen LogP contribution in [0.1, 0.15) is 26.2 Å². The molecule has 1 N–H and O–H groups in total. The molecule has 0 aromatic rings. The molecular weight excluding hydrogens is 124 g/mol. The monoisotopic (exact) mass is 139 g/mol. The Kier molecular flexibility index (Phi) is 2.90. The highest BCUT2D eigenvalue weighted by molar-refractivity contribution is 5.07. The summed E-state index contributed by atoms with van der Waals surface area (Å²) >= 11 is 0. The number of nitrogens with one attached hydrogen (secondary N) is 1. The topological polar surface area (TPSA) is 27.0 Å². The van der Waals surface area contributed by atoms with Crippen molar-refractivity contribution in [2.24, 2.45) is 0 Å². The molecule has 58 valence electrons. The molecule has 0 fully saturated rings. The fourth-order valence-corrected chi connectivity index (χ4v) is 1.26. The molecule has 0 amide bonds. The van der Waals surface area contributed by atoms with E-state index in [-0.39, 0.29) is 0 Å². The Labute approximate surface area is 62.7 Å². The normalized spacial score (nSPS) is 20.8. The van der Waals surface area contributed by atoms with Crippen LogP contribution in [0, 0.1) is 0 Å². The van der Waals surface area contributed by atoms with E-state index in [0.717, 1.165) is 19.5 Å². The van der Waals surface area contributed by atoms with Crippen LogP contribution in [0.3, 0.4) is 0 Å². The van der Waals surface area contributed by atoms with Crippen molar-refractivity contribution >= 4 is 0 Å². The summed E-state index contributed by atoms with van der Waals surface area (Å²) in [5.41, 5.74) is 1.55. The Hall–Kier alpha value is -0.340. The molecule has 0 aromatic heterocycles. The summed E-state index contributed by atoms with van der Waals surface area (Å²) in [4.78, 5) is 0. The highest BCUT2D eigenvalue weighted by Gasteiger charge is 2.02. The van der Waals surface area contributed by atoms with Crippen LogP contribution >= 0.6 is 0 Å². The van der Waals surface area contributed by atoms with E-state index in [2.05, 4.69) is 13.0 Å². The van der Waals surface area contributed by atoms with Gasteiger partial charge in [-0.25, -0.2) is 0 Å². The van der Waals surface area contributed by atoms with Crippen LogP contribution in [0.4, 0.5) is 0 Å². The molecule has 0 saturated heterocycles. The van der Waals surface area contributed by atoms with E-state index in [9.17, 15) is 0 Å². The van der Waals surface area contributed by atoms with E-state index in [1.54, 1.807) is 10.6 Å². The Morgan fingerprint density at radius 3 is 3.00 bits per heavy atom. The van der Waals surface area contributed by atoms with Crippen LogP contribution in [0.2, 0.25) is 0 Å². The van der Waals surface area contributed by atoms with Gasteiger partial charge in [0.2, 0.25) is 0 Å². The maximum atomic E-state index is 7.28.